The van der Waals surface area contributed by atoms with Crippen molar-refractivity contribution in [1.82, 2.24) is 0 Å². The van der Waals surface area contributed by atoms with E-state index in [0.29, 0.717) is 17.9 Å². The molecule has 210 valence electrons. The van der Waals surface area contributed by atoms with Crippen LogP contribution in [-0.4, -0.2) is 48.3 Å². The highest BCUT2D eigenvalue weighted by Crippen LogP contribution is 2.25. The molecule has 1 aromatic rings. The molecule has 0 aliphatic heterocycles. The van der Waals surface area contributed by atoms with Crippen molar-refractivity contribution in [3.63, 3.8) is 0 Å². The zero-order valence-corrected chi connectivity index (χ0v) is 26.6. The molecule has 0 saturated heterocycles. The molecule has 0 aliphatic carbocycles. The molecule has 7 heteroatoms. The summed E-state index contributed by atoms with van der Waals surface area (Å²) >= 11 is 2.37. The van der Waals surface area contributed by atoms with Crippen LogP contribution in [0, 0.1) is 11.8 Å². The summed E-state index contributed by atoms with van der Waals surface area (Å²) in [5.74, 6) is -0.147. The summed E-state index contributed by atoms with van der Waals surface area (Å²) in [6.45, 7) is 14.3. The minimum absolute atomic E-state index is 0.00820. The number of halogens is 1. The Morgan fingerprint density at radius 3 is 2.35 bits per heavy atom. The first-order chi connectivity index (χ1) is 17.3. The second kappa shape index (κ2) is 16.9. The van der Waals surface area contributed by atoms with Gasteiger partial charge in [0.2, 0.25) is 0 Å². The Kier molecular flexibility index (Phi) is 15.5. The van der Waals surface area contributed by atoms with Gasteiger partial charge >= 0.3 is 0 Å². The number of benzene rings is 1. The third-order valence-electron chi connectivity index (χ3n) is 6.17. The lowest BCUT2D eigenvalue weighted by Crippen LogP contribution is -2.32. The lowest BCUT2D eigenvalue weighted by atomic mass is 9.91. The van der Waals surface area contributed by atoms with Crippen LogP contribution in [0.15, 0.2) is 70.7 Å². The van der Waals surface area contributed by atoms with Gasteiger partial charge in [-0.2, -0.15) is 0 Å². The normalized spacial score (nSPS) is 17.7. The molecule has 0 saturated carbocycles. The number of rotatable bonds is 17. The van der Waals surface area contributed by atoms with Crippen LogP contribution in [-0.2, 0) is 19.3 Å². The van der Waals surface area contributed by atoms with Crippen molar-refractivity contribution in [1.29, 1.82) is 0 Å². The van der Waals surface area contributed by atoms with E-state index in [1.54, 1.807) is 43.3 Å². The minimum Gasteiger partial charge on any atom is -0.386 e. The van der Waals surface area contributed by atoms with Crippen LogP contribution in [0.3, 0.4) is 0 Å². The van der Waals surface area contributed by atoms with Gasteiger partial charge in [-0.3, -0.25) is 0 Å². The van der Waals surface area contributed by atoms with E-state index in [1.165, 1.54) is 11.1 Å². The molecule has 0 aliphatic rings. The number of alkyl halides is 1. The predicted molar refractivity (Wildman–Crippen MR) is 163 cm³/mol. The van der Waals surface area contributed by atoms with E-state index < -0.39 is 21.7 Å². The van der Waals surface area contributed by atoms with Gasteiger partial charge in [0.25, 0.3) is 0 Å². The van der Waals surface area contributed by atoms with Gasteiger partial charge in [-0.15, -0.1) is 0 Å². The van der Waals surface area contributed by atoms with Crippen molar-refractivity contribution in [3.8, 4) is 0 Å². The van der Waals surface area contributed by atoms with Gasteiger partial charge in [0.15, 0.2) is 16.1 Å². The summed E-state index contributed by atoms with van der Waals surface area (Å²) in [4.78, 5) is 0.323. The van der Waals surface area contributed by atoms with Crippen molar-refractivity contribution in [2.45, 2.75) is 90.6 Å². The lowest BCUT2D eigenvalue weighted by molar-refractivity contribution is -0.154. The van der Waals surface area contributed by atoms with E-state index in [0.717, 1.165) is 17.3 Å². The molecule has 0 heterocycles. The van der Waals surface area contributed by atoms with Crippen LogP contribution < -0.4 is 0 Å². The number of allylic oxidation sites excluding steroid dienone is 4. The van der Waals surface area contributed by atoms with Crippen molar-refractivity contribution in [3.05, 3.63) is 65.8 Å². The van der Waals surface area contributed by atoms with Gasteiger partial charge in [0.05, 0.1) is 22.4 Å². The number of hydrogen-bond acceptors (Lipinski definition) is 5. The molecule has 0 radical (unpaired) electrons. The fourth-order valence-electron chi connectivity index (χ4n) is 3.92. The summed E-state index contributed by atoms with van der Waals surface area (Å²) in [7, 11) is -3.44. The highest BCUT2D eigenvalue weighted by Gasteiger charge is 2.26. The van der Waals surface area contributed by atoms with Crippen LogP contribution in [0.1, 0.15) is 67.7 Å². The molecule has 1 aromatic carbocycles. The Balaban J connectivity index is 3.03. The van der Waals surface area contributed by atoms with Gasteiger partial charge in [-0.1, -0.05) is 90.1 Å². The van der Waals surface area contributed by atoms with Crippen molar-refractivity contribution < 1.29 is 23.0 Å². The van der Waals surface area contributed by atoms with E-state index in [1.807, 2.05) is 33.8 Å². The van der Waals surface area contributed by atoms with Crippen molar-refractivity contribution in [2.75, 3.05) is 16.8 Å². The minimum atomic E-state index is -3.44. The summed E-state index contributed by atoms with van der Waals surface area (Å²) in [5.41, 5.74) is 1.38. The average Bonchev–Trinajstić information content (AvgIpc) is 2.81. The predicted octanol–water partition coefficient (Wildman–Crippen LogP) is 7.31. The zero-order valence-electron chi connectivity index (χ0n) is 23.6. The van der Waals surface area contributed by atoms with Gasteiger partial charge in [0.1, 0.15) is 0 Å². The number of sulfone groups is 1. The van der Waals surface area contributed by atoms with Gasteiger partial charge < -0.3 is 14.6 Å². The molecular formula is C30H47IO5S. The fraction of sp³-hybridized carbons (Fsp3) is 0.600. The maximum atomic E-state index is 13.0. The molecule has 4 unspecified atom stereocenters. The van der Waals surface area contributed by atoms with Gasteiger partial charge in [-0.25, -0.2) is 8.42 Å². The van der Waals surface area contributed by atoms with Crippen LogP contribution >= 0.6 is 22.6 Å². The molecule has 0 spiro atoms. The summed E-state index contributed by atoms with van der Waals surface area (Å²) in [6, 6.07) is 8.53. The first-order valence-corrected chi connectivity index (χ1v) is 16.3. The second-order valence-electron chi connectivity index (χ2n) is 10.4. The molecule has 0 bridgehead atoms. The van der Waals surface area contributed by atoms with Crippen molar-refractivity contribution in [2.24, 2.45) is 11.8 Å². The standard InChI is InChI=1S/C30H47IO5S/c1-8-35-26(6)36-28(19-24(4)13-12-14-25(5)21-31)20-30(7,32)18-17-27(23(2)3)22-37(33,34)29-15-10-9-11-16-29/h9-11,14-19,23,26-28,32H,8,12-13,20-22H2,1-7H3/b18-17+,24-19+,25-14+. The van der Waals surface area contributed by atoms with Crippen LogP contribution in [0.2, 0.25) is 0 Å². The first kappa shape index (κ1) is 34.0. The summed E-state index contributed by atoms with van der Waals surface area (Å²) < 4.78 is 38.7. The van der Waals surface area contributed by atoms with E-state index in [2.05, 4.69) is 48.6 Å². The third kappa shape index (κ3) is 14.1. The molecule has 5 nitrogen and oxygen atoms in total. The average molecular weight is 647 g/mol. The van der Waals surface area contributed by atoms with E-state index >= 15 is 0 Å². The van der Waals surface area contributed by atoms with E-state index in [-0.39, 0.29) is 23.7 Å². The Bertz CT molecular complexity index is 980. The fourth-order valence-corrected chi connectivity index (χ4v) is 6.00. The second-order valence-corrected chi connectivity index (χ2v) is 13.2. The Morgan fingerprint density at radius 1 is 1.14 bits per heavy atom. The Morgan fingerprint density at radius 2 is 1.78 bits per heavy atom. The maximum absolute atomic E-state index is 13.0. The molecule has 0 amide bonds. The summed E-state index contributed by atoms with van der Waals surface area (Å²) in [6.07, 6.45) is 9.38. The number of aliphatic hydroxyl groups is 1. The third-order valence-corrected chi connectivity index (χ3v) is 9.19. The molecule has 4 atom stereocenters. The topological polar surface area (TPSA) is 72.8 Å². The number of ether oxygens (including phenoxy) is 2. The summed E-state index contributed by atoms with van der Waals surface area (Å²) in [5, 5.41) is 11.3. The highest BCUT2D eigenvalue weighted by atomic mass is 127. The molecule has 37 heavy (non-hydrogen) atoms. The molecular weight excluding hydrogens is 599 g/mol. The first-order valence-electron chi connectivity index (χ1n) is 13.1. The molecule has 0 fully saturated rings. The van der Waals surface area contributed by atoms with Crippen LogP contribution in [0.5, 0.6) is 0 Å². The van der Waals surface area contributed by atoms with Crippen molar-refractivity contribution >= 4 is 32.4 Å². The highest BCUT2D eigenvalue weighted by molar-refractivity contribution is 14.1. The molecule has 0 aromatic heterocycles. The van der Waals surface area contributed by atoms with E-state index in [9.17, 15) is 13.5 Å². The number of hydrogen-bond donors (Lipinski definition) is 1. The monoisotopic (exact) mass is 646 g/mol. The lowest BCUT2D eigenvalue weighted by Gasteiger charge is -2.28. The van der Waals surface area contributed by atoms with Gasteiger partial charge in [0, 0.05) is 17.5 Å². The molecule has 1 N–H and O–H groups in total. The SMILES string of the molecule is CCOC(C)OC(/C=C(\C)CC/C=C(\C)CI)CC(C)(O)/C=C/C(CS(=O)(=O)c1ccccc1)C(C)C. The quantitative estimate of drug-likeness (QED) is 0.0833. The van der Waals surface area contributed by atoms with Gasteiger partial charge in [-0.05, 0) is 71.4 Å². The van der Waals surface area contributed by atoms with Crippen LogP contribution in [0.4, 0.5) is 0 Å². The Hall–Kier alpha value is -1.00. The van der Waals surface area contributed by atoms with E-state index in [4.69, 9.17) is 9.47 Å². The molecule has 1 rings (SSSR count). The Labute approximate surface area is 239 Å². The maximum Gasteiger partial charge on any atom is 0.178 e. The van der Waals surface area contributed by atoms with Crippen LogP contribution in [0.25, 0.3) is 0 Å². The smallest absolute Gasteiger partial charge is 0.178 e. The zero-order chi connectivity index (χ0) is 28.1. The largest absolute Gasteiger partial charge is 0.386 e.